The molecule has 0 amide bonds. The molecule has 0 spiro atoms. The number of ether oxygens (including phenoxy) is 2. The van der Waals surface area contributed by atoms with Crippen LogP contribution >= 0.6 is 11.6 Å². The van der Waals surface area contributed by atoms with Crippen molar-refractivity contribution in [1.82, 2.24) is 0 Å². The van der Waals surface area contributed by atoms with Gasteiger partial charge in [0.05, 0.1) is 13.2 Å². The van der Waals surface area contributed by atoms with Gasteiger partial charge < -0.3 is 14.6 Å². The Kier molecular flexibility index (Phi) is 4.00. The lowest BCUT2D eigenvalue weighted by Gasteiger charge is -2.25. The summed E-state index contributed by atoms with van der Waals surface area (Å²) in [6.45, 7) is 3.01. The highest BCUT2D eigenvalue weighted by Gasteiger charge is 2.26. The van der Waals surface area contributed by atoms with Crippen molar-refractivity contribution in [3.8, 4) is 0 Å². The molecule has 4 heteroatoms. The molecule has 1 heterocycles. The second-order valence-corrected chi connectivity index (χ2v) is 5.71. The first kappa shape index (κ1) is 14.5. The Labute approximate surface area is 129 Å². The lowest BCUT2D eigenvalue weighted by molar-refractivity contribution is -0.0441. The van der Waals surface area contributed by atoms with Gasteiger partial charge in [0.2, 0.25) is 0 Å². The largest absolute Gasteiger partial charge is 0.381 e. The van der Waals surface area contributed by atoms with Gasteiger partial charge in [-0.2, -0.15) is 0 Å². The summed E-state index contributed by atoms with van der Waals surface area (Å²) < 4.78 is 10.9. The zero-order valence-corrected chi connectivity index (χ0v) is 12.5. The smallest absolute Gasteiger partial charge is 0.184 e. The third-order valence-corrected chi connectivity index (χ3v) is 4.03. The molecule has 0 aromatic heterocycles. The average molecular weight is 305 g/mol. The average Bonchev–Trinajstić information content (AvgIpc) is 3.02. The van der Waals surface area contributed by atoms with E-state index in [-0.39, 0.29) is 6.29 Å². The van der Waals surface area contributed by atoms with Crippen molar-refractivity contribution >= 4 is 11.6 Å². The van der Waals surface area contributed by atoms with Crippen molar-refractivity contribution in [2.75, 3.05) is 13.2 Å². The number of hydrogen-bond acceptors (Lipinski definition) is 3. The Morgan fingerprint density at radius 3 is 1.95 bits per heavy atom. The van der Waals surface area contributed by atoms with Gasteiger partial charge in [-0.25, -0.2) is 0 Å². The Balaban J connectivity index is 1.86. The normalized spacial score (nSPS) is 18.6. The van der Waals surface area contributed by atoms with Crippen molar-refractivity contribution in [2.45, 2.75) is 18.8 Å². The highest BCUT2D eigenvalue weighted by molar-refractivity contribution is 6.30. The van der Waals surface area contributed by atoms with Gasteiger partial charge in [-0.05, 0) is 30.2 Å². The van der Waals surface area contributed by atoms with Gasteiger partial charge >= 0.3 is 0 Å². The number of benzene rings is 2. The van der Waals surface area contributed by atoms with E-state index in [2.05, 4.69) is 0 Å². The minimum absolute atomic E-state index is 0.292. The maximum absolute atomic E-state index is 10.8. The standard InChI is InChI=1S/C17H17ClO3/c1-17(19,14-6-8-15(18)9-7-14)13-4-2-12(3-5-13)16-20-10-11-21-16/h2-9,16,19H,10-11H2,1H3. The predicted octanol–water partition coefficient (Wildman–Crippen LogP) is 3.64. The van der Waals surface area contributed by atoms with Gasteiger partial charge in [-0.1, -0.05) is 48.0 Å². The summed E-state index contributed by atoms with van der Waals surface area (Å²) in [6, 6.07) is 14.9. The predicted molar refractivity (Wildman–Crippen MR) is 81.2 cm³/mol. The van der Waals surface area contributed by atoms with Crippen molar-refractivity contribution < 1.29 is 14.6 Å². The Morgan fingerprint density at radius 2 is 1.43 bits per heavy atom. The second-order valence-electron chi connectivity index (χ2n) is 5.27. The zero-order chi connectivity index (χ0) is 14.9. The Bertz CT molecular complexity index is 599. The van der Waals surface area contributed by atoms with Crippen LogP contribution in [0.1, 0.15) is 29.9 Å². The van der Waals surface area contributed by atoms with E-state index in [1.54, 1.807) is 19.1 Å². The summed E-state index contributed by atoms with van der Waals surface area (Å²) in [6.07, 6.45) is -0.292. The lowest BCUT2D eigenvalue weighted by Crippen LogP contribution is -2.22. The molecule has 1 aliphatic rings. The van der Waals surface area contributed by atoms with Crippen LogP contribution in [0, 0.1) is 0 Å². The summed E-state index contributed by atoms with van der Waals surface area (Å²) in [5.74, 6) is 0. The fourth-order valence-corrected chi connectivity index (χ4v) is 2.58. The molecule has 110 valence electrons. The SMILES string of the molecule is CC(O)(c1ccc(Cl)cc1)c1ccc(C2OCCO2)cc1. The molecule has 21 heavy (non-hydrogen) atoms. The fourth-order valence-electron chi connectivity index (χ4n) is 2.46. The van der Waals surface area contributed by atoms with E-state index in [0.717, 1.165) is 16.7 Å². The number of rotatable bonds is 3. The quantitative estimate of drug-likeness (QED) is 0.941. The van der Waals surface area contributed by atoms with Gasteiger partial charge in [0.15, 0.2) is 6.29 Å². The van der Waals surface area contributed by atoms with E-state index in [4.69, 9.17) is 21.1 Å². The van der Waals surface area contributed by atoms with Gasteiger partial charge in [-0.15, -0.1) is 0 Å². The molecule has 1 saturated heterocycles. The monoisotopic (exact) mass is 304 g/mol. The molecule has 1 unspecified atom stereocenters. The van der Waals surface area contributed by atoms with Crippen molar-refractivity contribution in [3.63, 3.8) is 0 Å². The van der Waals surface area contributed by atoms with Crippen LogP contribution in [-0.2, 0) is 15.1 Å². The van der Waals surface area contributed by atoms with E-state index in [9.17, 15) is 5.11 Å². The third-order valence-electron chi connectivity index (χ3n) is 3.77. The summed E-state index contributed by atoms with van der Waals surface area (Å²) in [7, 11) is 0. The van der Waals surface area contributed by atoms with Crippen LogP contribution < -0.4 is 0 Å². The molecule has 3 rings (SSSR count). The minimum atomic E-state index is -1.07. The van der Waals surface area contributed by atoms with Gasteiger partial charge in [-0.3, -0.25) is 0 Å². The van der Waals surface area contributed by atoms with Crippen LogP contribution in [0.25, 0.3) is 0 Å². The van der Waals surface area contributed by atoms with E-state index in [0.29, 0.717) is 18.2 Å². The summed E-state index contributed by atoms with van der Waals surface area (Å²) in [4.78, 5) is 0. The molecule has 0 saturated carbocycles. The van der Waals surface area contributed by atoms with Gasteiger partial charge in [0, 0.05) is 10.6 Å². The topological polar surface area (TPSA) is 38.7 Å². The molecular weight excluding hydrogens is 288 g/mol. The molecule has 2 aromatic carbocycles. The second kappa shape index (κ2) is 5.78. The van der Waals surface area contributed by atoms with Crippen LogP contribution in [-0.4, -0.2) is 18.3 Å². The first-order valence-corrected chi connectivity index (χ1v) is 7.27. The molecule has 0 bridgehead atoms. The van der Waals surface area contributed by atoms with Crippen LogP contribution in [0.3, 0.4) is 0 Å². The summed E-state index contributed by atoms with van der Waals surface area (Å²) >= 11 is 5.89. The molecule has 0 aliphatic carbocycles. The van der Waals surface area contributed by atoms with Crippen LogP contribution in [0.4, 0.5) is 0 Å². The molecule has 1 N–H and O–H groups in total. The minimum Gasteiger partial charge on any atom is -0.381 e. The molecule has 1 aliphatic heterocycles. The molecule has 1 fully saturated rings. The van der Waals surface area contributed by atoms with E-state index < -0.39 is 5.60 Å². The lowest BCUT2D eigenvalue weighted by atomic mass is 9.88. The maximum Gasteiger partial charge on any atom is 0.184 e. The molecule has 0 radical (unpaired) electrons. The van der Waals surface area contributed by atoms with Crippen molar-refractivity contribution in [1.29, 1.82) is 0 Å². The van der Waals surface area contributed by atoms with Gasteiger partial charge in [0.1, 0.15) is 5.60 Å². The number of aliphatic hydroxyl groups is 1. The molecule has 3 nitrogen and oxygen atoms in total. The first-order chi connectivity index (χ1) is 10.1. The number of hydrogen-bond donors (Lipinski definition) is 1. The van der Waals surface area contributed by atoms with Gasteiger partial charge in [0.25, 0.3) is 0 Å². The highest BCUT2D eigenvalue weighted by Crippen LogP contribution is 2.31. The molecular formula is C17H17ClO3. The molecule has 2 aromatic rings. The van der Waals surface area contributed by atoms with Crippen LogP contribution in [0.15, 0.2) is 48.5 Å². The fraction of sp³-hybridized carbons (Fsp3) is 0.294. The van der Waals surface area contributed by atoms with Crippen LogP contribution in [0.5, 0.6) is 0 Å². The maximum atomic E-state index is 10.8. The Morgan fingerprint density at radius 1 is 0.952 bits per heavy atom. The Hall–Kier alpha value is -1.39. The third kappa shape index (κ3) is 2.97. The molecule has 1 atom stereocenters. The van der Waals surface area contributed by atoms with Crippen molar-refractivity contribution in [2.24, 2.45) is 0 Å². The highest BCUT2D eigenvalue weighted by atomic mass is 35.5. The van der Waals surface area contributed by atoms with E-state index in [1.165, 1.54) is 0 Å². The first-order valence-electron chi connectivity index (χ1n) is 6.89. The zero-order valence-electron chi connectivity index (χ0n) is 11.8. The number of halogens is 1. The van der Waals surface area contributed by atoms with E-state index >= 15 is 0 Å². The van der Waals surface area contributed by atoms with Crippen molar-refractivity contribution in [3.05, 3.63) is 70.2 Å². The summed E-state index contributed by atoms with van der Waals surface area (Å²) in [5.41, 5.74) is 1.50. The van der Waals surface area contributed by atoms with E-state index in [1.807, 2.05) is 36.4 Å². The summed E-state index contributed by atoms with van der Waals surface area (Å²) in [5, 5.41) is 11.5. The van der Waals surface area contributed by atoms with Crippen LogP contribution in [0.2, 0.25) is 5.02 Å².